The Morgan fingerprint density at radius 1 is 1.44 bits per heavy atom. The third-order valence-electron chi connectivity index (χ3n) is 3.80. The SMILES string of the molecule is CSCCC(C)N(C)CC1(C)CCCCN1. The molecule has 2 nitrogen and oxygen atoms in total. The van der Waals surface area contributed by atoms with Crippen molar-refractivity contribution < 1.29 is 0 Å². The molecule has 1 aliphatic rings. The van der Waals surface area contributed by atoms with E-state index in [1.807, 2.05) is 11.8 Å². The molecule has 1 aliphatic heterocycles. The Bertz CT molecular complexity index is 190. The summed E-state index contributed by atoms with van der Waals surface area (Å²) in [6.45, 7) is 7.11. The van der Waals surface area contributed by atoms with Crippen molar-refractivity contribution in [3.05, 3.63) is 0 Å². The quantitative estimate of drug-likeness (QED) is 0.773. The molecule has 1 saturated heterocycles. The van der Waals surface area contributed by atoms with E-state index < -0.39 is 0 Å². The molecule has 3 heteroatoms. The third-order valence-corrected chi connectivity index (χ3v) is 4.44. The lowest BCUT2D eigenvalue weighted by molar-refractivity contribution is 0.154. The molecule has 0 aliphatic carbocycles. The van der Waals surface area contributed by atoms with Crippen molar-refractivity contribution in [2.75, 3.05) is 32.1 Å². The lowest BCUT2D eigenvalue weighted by atomic mass is 9.90. The Kier molecular flexibility index (Phi) is 6.16. The second kappa shape index (κ2) is 6.87. The first-order valence-corrected chi connectivity index (χ1v) is 7.91. The minimum absolute atomic E-state index is 0.348. The van der Waals surface area contributed by atoms with E-state index in [2.05, 4.69) is 37.4 Å². The lowest BCUT2D eigenvalue weighted by Gasteiger charge is -2.40. The normalized spacial score (nSPS) is 28.3. The zero-order chi connectivity index (χ0) is 12.0. The Labute approximate surface area is 106 Å². The van der Waals surface area contributed by atoms with Crippen LogP contribution in [-0.2, 0) is 0 Å². The summed E-state index contributed by atoms with van der Waals surface area (Å²) in [5.74, 6) is 1.27. The predicted octanol–water partition coefficient (Wildman–Crippen LogP) is 2.59. The monoisotopic (exact) mass is 244 g/mol. The standard InChI is InChI=1S/C13H28N2S/c1-12(7-10-16-4)15(3)11-13(2)8-5-6-9-14-13/h12,14H,5-11H2,1-4H3. The van der Waals surface area contributed by atoms with Crippen LogP contribution in [0.25, 0.3) is 0 Å². The first-order valence-electron chi connectivity index (χ1n) is 6.51. The van der Waals surface area contributed by atoms with Crippen molar-refractivity contribution in [3.8, 4) is 0 Å². The Balaban J connectivity index is 2.33. The van der Waals surface area contributed by atoms with Crippen LogP contribution in [0.2, 0.25) is 0 Å². The van der Waals surface area contributed by atoms with Crippen LogP contribution in [0.1, 0.15) is 39.5 Å². The maximum absolute atomic E-state index is 3.69. The zero-order valence-electron chi connectivity index (χ0n) is 11.4. The third kappa shape index (κ3) is 4.64. The molecule has 0 aromatic heterocycles. The highest BCUT2D eigenvalue weighted by Crippen LogP contribution is 2.20. The van der Waals surface area contributed by atoms with Crippen molar-refractivity contribution in [2.24, 2.45) is 0 Å². The van der Waals surface area contributed by atoms with Gasteiger partial charge < -0.3 is 10.2 Å². The van der Waals surface area contributed by atoms with Gasteiger partial charge in [-0.25, -0.2) is 0 Å². The number of nitrogens with zero attached hydrogens (tertiary/aromatic N) is 1. The van der Waals surface area contributed by atoms with Crippen LogP contribution in [-0.4, -0.2) is 48.6 Å². The maximum Gasteiger partial charge on any atom is 0.0280 e. The lowest BCUT2D eigenvalue weighted by Crippen LogP contribution is -2.54. The Hall–Kier alpha value is 0.270. The summed E-state index contributed by atoms with van der Waals surface area (Å²) in [4.78, 5) is 2.52. The average Bonchev–Trinajstić information content (AvgIpc) is 2.26. The van der Waals surface area contributed by atoms with Gasteiger partial charge in [0.15, 0.2) is 0 Å². The topological polar surface area (TPSA) is 15.3 Å². The largest absolute Gasteiger partial charge is 0.310 e. The number of thioether (sulfide) groups is 1. The fraction of sp³-hybridized carbons (Fsp3) is 1.00. The second-order valence-corrected chi connectivity index (χ2v) is 6.48. The van der Waals surface area contributed by atoms with Crippen molar-refractivity contribution in [1.29, 1.82) is 0 Å². The Morgan fingerprint density at radius 3 is 2.75 bits per heavy atom. The number of piperidine rings is 1. The minimum atomic E-state index is 0.348. The van der Waals surface area contributed by atoms with E-state index >= 15 is 0 Å². The smallest absolute Gasteiger partial charge is 0.0280 e. The molecule has 0 aromatic carbocycles. The van der Waals surface area contributed by atoms with E-state index in [9.17, 15) is 0 Å². The summed E-state index contributed by atoms with van der Waals surface area (Å²) in [5.41, 5.74) is 0.348. The van der Waals surface area contributed by atoms with Crippen LogP contribution < -0.4 is 5.32 Å². The summed E-state index contributed by atoms with van der Waals surface area (Å²) >= 11 is 1.95. The van der Waals surface area contributed by atoms with Gasteiger partial charge in [0.05, 0.1) is 0 Å². The van der Waals surface area contributed by atoms with Gasteiger partial charge in [0.2, 0.25) is 0 Å². The number of likely N-dealkylation sites (N-methyl/N-ethyl adjacent to an activating group) is 1. The molecule has 0 saturated carbocycles. The van der Waals surface area contributed by atoms with Crippen LogP contribution in [0.3, 0.4) is 0 Å². The maximum atomic E-state index is 3.69. The van der Waals surface area contributed by atoms with Gasteiger partial charge in [0.1, 0.15) is 0 Å². The molecule has 0 bridgehead atoms. The van der Waals surface area contributed by atoms with E-state index in [1.165, 1.54) is 44.5 Å². The summed E-state index contributed by atoms with van der Waals surface area (Å²) < 4.78 is 0. The number of nitrogens with one attached hydrogen (secondary N) is 1. The highest BCUT2D eigenvalue weighted by atomic mass is 32.2. The molecule has 16 heavy (non-hydrogen) atoms. The molecule has 1 heterocycles. The molecule has 0 amide bonds. The zero-order valence-corrected chi connectivity index (χ0v) is 12.2. The van der Waals surface area contributed by atoms with Gasteiger partial charge in [-0.2, -0.15) is 11.8 Å². The molecular weight excluding hydrogens is 216 g/mol. The molecule has 0 aromatic rings. The fourth-order valence-electron chi connectivity index (χ4n) is 2.47. The molecule has 96 valence electrons. The van der Waals surface area contributed by atoms with Crippen LogP contribution in [0.5, 0.6) is 0 Å². The number of hydrogen-bond donors (Lipinski definition) is 1. The van der Waals surface area contributed by atoms with E-state index in [0.717, 1.165) is 0 Å². The van der Waals surface area contributed by atoms with Crippen LogP contribution in [0.4, 0.5) is 0 Å². The van der Waals surface area contributed by atoms with Gasteiger partial charge in [0, 0.05) is 18.1 Å². The summed E-state index contributed by atoms with van der Waals surface area (Å²) in [6.07, 6.45) is 7.55. The predicted molar refractivity (Wildman–Crippen MR) is 75.3 cm³/mol. The molecule has 1 rings (SSSR count). The van der Waals surface area contributed by atoms with Crippen molar-refractivity contribution in [3.63, 3.8) is 0 Å². The first-order chi connectivity index (χ1) is 7.57. The van der Waals surface area contributed by atoms with Crippen molar-refractivity contribution >= 4 is 11.8 Å². The van der Waals surface area contributed by atoms with E-state index in [0.29, 0.717) is 11.6 Å². The highest BCUT2D eigenvalue weighted by Gasteiger charge is 2.28. The van der Waals surface area contributed by atoms with Gasteiger partial charge in [-0.3, -0.25) is 0 Å². The molecule has 1 N–H and O–H groups in total. The van der Waals surface area contributed by atoms with Gasteiger partial charge in [-0.15, -0.1) is 0 Å². The first kappa shape index (κ1) is 14.3. The van der Waals surface area contributed by atoms with E-state index in [-0.39, 0.29) is 0 Å². The second-order valence-electron chi connectivity index (χ2n) is 5.49. The molecule has 0 radical (unpaired) electrons. The average molecular weight is 244 g/mol. The van der Waals surface area contributed by atoms with Crippen LogP contribution in [0, 0.1) is 0 Å². The summed E-state index contributed by atoms with van der Waals surface area (Å²) in [6, 6.07) is 0.702. The molecular formula is C13H28N2S. The molecule has 0 spiro atoms. The van der Waals surface area contributed by atoms with Crippen molar-refractivity contribution in [2.45, 2.75) is 51.1 Å². The molecule has 2 atom stereocenters. The molecule has 1 fully saturated rings. The minimum Gasteiger partial charge on any atom is -0.310 e. The number of rotatable bonds is 6. The van der Waals surface area contributed by atoms with Gasteiger partial charge in [-0.05, 0) is 58.7 Å². The van der Waals surface area contributed by atoms with Crippen LogP contribution >= 0.6 is 11.8 Å². The summed E-state index contributed by atoms with van der Waals surface area (Å²) in [5, 5.41) is 3.69. The van der Waals surface area contributed by atoms with E-state index in [1.54, 1.807) is 0 Å². The number of hydrogen-bond acceptors (Lipinski definition) is 3. The fourth-order valence-corrected chi connectivity index (χ4v) is 3.05. The highest BCUT2D eigenvalue weighted by molar-refractivity contribution is 7.98. The van der Waals surface area contributed by atoms with Crippen LogP contribution in [0.15, 0.2) is 0 Å². The van der Waals surface area contributed by atoms with Crippen molar-refractivity contribution in [1.82, 2.24) is 10.2 Å². The molecule has 2 unspecified atom stereocenters. The van der Waals surface area contributed by atoms with Gasteiger partial charge >= 0.3 is 0 Å². The van der Waals surface area contributed by atoms with Gasteiger partial charge in [-0.1, -0.05) is 6.42 Å². The van der Waals surface area contributed by atoms with Gasteiger partial charge in [0.25, 0.3) is 0 Å². The summed E-state index contributed by atoms with van der Waals surface area (Å²) in [7, 11) is 2.27. The Morgan fingerprint density at radius 2 is 2.19 bits per heavy atom. The van der Waals surface area contributed by atoms with E-state index in [4.69, 9.17) is 0 Å².